The van der Waals surface area contributed by atoms with Crippen molar-refractivity contribution in [3.05, 3.63) is 18.7 Å². The molecule has 154 valence electrons. The minimum atomic E-state index is -3.35. The maximum Gasteiger partial charge on any atom is 0.225 e. The third-order valence-corrected chi connectivity index (χ3v) is 7.23. The van der Waals surface area contributed by atoms with Crippen LogP contribution >= 0.6 is 0 Å². The summed E-state index contributed by atoms with van der Waals surface area (Å²) in [5.41, 5.74) is 0.654. The van der Waals surface area contributed by atoms with Crippen molar-refractivity contribution >= 4 is 27.4 Å². The van der Waals surface area contributed by atoms with Gasteiger partial charge in [0.2, 0.25) is 21.6 Å². The number of nitrogens with zero attached hydrogens (tertiary/aromatic N) is 6. The zero-order chi connectivity index (χ0) is 20.3. The van der Waals surface area contributed by atoms with E-state index < -0.39 is 10.0 Å². The molecule has 2 aromatic heterocycles. The summed E-state index contributed by atoms with van der Waals surface area (Å²) >= 11 is 0. The van der Waals surface area contributed by atoms with Crippen LogP contribution in [0.25, 0.3) is 5.65 Å². The Morgan fingerprint density at radius 3 is 2.79 bits per heavy atom. The molecule has 28 heavy (non-hydrogen) atoms. The van der Waals surface area contributed by atoms with Crippen molar-refractivity contribution < 1.29 is 13.2 Å². The smallest absolute Gasteiger partial charge is 0.225 e. The maximum atomic E-state index is 12.6. The van der Waals surface area contributed by atoms with Crippen LogP contribution in [0.2, 0.25) is 0 Å². The third-order valence-electron chi connectivity index (χ3n) is 5.20. The van der Waals surface area contributed by atoms with Crippen LogP contribution in [0.1, 0.15) is 20.8 Å². The molecular weight excluding hydrogens is 382 g/mol. The van der Waals surface area contributed by atoms with Crippen molar-refractivity contribution in [2.24, 2.45) is 11.8 Å². The normalized spacial score (nSPS) is 20.2. The molecule has 1 aliphatic rings. The Morgan fingerprint density at radius 1 is 1.32 bits per heavy atom. The van der Waals surface area contributed by atoms with Crippen molar-refractivity contribution in [2.45, 2.75) is 20.8 Å². The maximum absolute atomic E-state index is 12.6. The highest BCUT2D eigenvalue weighted by Gasteiger charge is 2.36. The zero-order valence-corrected chi connectivity index (χ0v) is 17.3. The number of rotatable bonds is 8. The van der Waals surface area contributed by atoms with Crippen molar-refractivity contribution in [3.8, 4) is 0 Å². The van der Waals surface area contributed by atoms with E-state index in [2.05, 4.69) is 20.5 Å². The number of fused-ring (bicyclic) bond motifs is 1. The van der Waals surface area contributed by atoms with Gasteiger partial charge in [-0.3, -0.25) is 9.20 Å². The molecule has 3 heterocycles. The standard InChI is InChI=1S/C17H27N7O3S/c1-4-24(5-2)28(26,27)9-7-19-17(25)14-11-23(10-13(14)3)15-16-21-20-12-22(16)8-6-18-15/h6,8,12-14H,4-5,7,9-11H2,1-3H3,(H,19,25). The van der Waals surface area contributed by atoms with Gasteiger partial charge in [0, 0.05) is 45.1 Å². The predicted octanol–water partition coefficient (Wildman–Crippen LogP) is -0.0156. The molecular formula is C17H27N7O3S. The van der Waals surface area contributed by atoms with Crippen LogP contribution < -0.4 is 10.2 Å². The van der Waals surface area contributed by atoms with Gasteiger partial charge in [-0.25, -0.2) is 17.7 Å². The van der Waals surface area contributed by atoms with E-state index in [0.717, 1.165) is 0 Å². The van der Waals surface area contributed by atoms with E-state index in [1.807, 2.05) is 11.8 Å². The summed E-state index contributed by atoms with van der Waals surface area (Å²) < 4.78 is 27.7. The average Bonchev–Trinajstić information content (AvgIpc) is 3.28. The number of amides is 1. The van der Waals surface area contributed by atoms with Crippen molar-refractivity contribution in [3.63, 3.8) is 0 Å². The quantitative estimate of drug-likeness (QED) is 0.652. The lowest BCUT2D eigenvalue weighted by molar-refractivity contribution is -0.125. The molecule has 3 rings (SSSR count). The molecule has 1 N–H and O–H groups in total. The molecule has 0 radical (unpaired) electrons. The highest BCUT2D eigenvalue weighted by atomic mass is 32.2. The Kier molecular flexibility index (Phi) is 6.14. The fourth-order valence-corrected chi connectivity index (χ4v) is 5.03. The third kappa shape index (κ3) is 4.09. The lowest BCUT2D eigenvalue weighted by atomic mass is 9.97. The van der Waals surface area contributed by atoms with Gasteiger partial charge >= 0.3 is 0 Å². The van der Waals surface area contributed by atoms with E-state index in [1.54, 1.807) is 37.0 Å². The summed E-state index contributed by atoms with van der Waals surface area (Å²) in [7, 11) is -3.35. The largest absolute Gasteiger partial charge is 0.355 e. The van der Waals surface area contributed by atoms with E-state index in [-0.39, 0.29) is 30.0 Å². The van der Waals surface area contributed by atoms with Gasteiger partial charge in [-0.2, -0.15) is 0 Å². The van der Waals surface area contributed by atoms with E-state index in [9.17, 15) is 13.2 Å². The second-order valence-electron chi connectivity index (χ2n) is 6.99. The minimum absolute atomic E-state index is 0.0914. The van der Waals surface area contributed by atoms with Gasteiger partial charge in [-0.1, -0.05) is 20.8 Å². The Labute approximate surface area is 165 Å². The van der Waals surface area contributed by atoms with Gasteiger partial charge in [-0.05, 0) is 5.92 Å². The molecule has 1 saturated heterocycles. The Balaban J connectivity index is 1.60. The fourth-order valence-electron chi connectivity index (χ4n) is 3.63. The first-order valence-corrected chi connectivity index (χ1v) is 11.1. The molecule has 0 aromatic carbocycles. The van der Waals surface area contributed by atoms with Crippen LogP contribution in [0, 0.1) is 11.8 Å². The Bertz CT molecular complexity index is 926. The summed E-state index contributed by atoms with van der Waals surface area (Å²) in [4.78, 5) is 19.1. The second kappa shape index (κ2) is 8.39. The van der Waals surface area contributed by atoms with Crippen LogP contribution in [-0.2, 0) is 14.8 Å². The number of nitrogens with one attached hydrogen (secondary N) is 1. The fraction of sp³-hybridized carbons (Fsp3) is 0.647. The van der Waals surface area contributed by atoms with Crippen LogP contribution in [0.3, 0.4) is 0 Å². The minimum Gasteiger partial charge on any atom is -0.355 e. The summed E-state index contributed by atoms with van der Waals surface area (Å²) in [6.07, 6.45) is 5.07. The highest BCUT2D eigenvalue weighted by Crippen LogP contribution is 2.28. The number of aromatic nitrogens is 4. The van der Waals surface area contributed by atoms with Gasteiger partial charge < -0.3 is 10.2 Å². The molecule has 10 nitrogen and oxygen atoms in total. The molecule has 2 aromatic rings. The first-order valence-electron chi connectivity index (χ1n) is 9.52. The summed E-state index contributed by atoms with van der Waals surface area (Å²) in [5, 5.41) is 10.8. The van der Waals surface area contributed by atoms with Gasteiger partial charge in [0.05, 0.1) is 11.7 Å². The summed E-state index contributed by atoms with van der Waals surface area (Å²) in [6.45, 7) is 7.78. The second-order valence-corrected chi connectivity index (χ2v) is 9.08. The van der Waals surface area contributed by atoms with E-state index in [4.69, 9.17) is 0 Å². The van der Waals surface area contributed by atoms with Gasteiger partial charge in [0.25, 0.3) is 0 Å². The molecule has 0 spiro atoms. The monoisotopic (exact) mass is 409 g/mol. The Morgan fingerprint density at radius 2 is 2.07 bits per heavy atom. The SMILES string of the molecule is CCN(CC)S(=O)(=O)CCNC(=O)C1CN(c2nccn3cnnc23)CC1C. The number of hydrogen-bond donors (Lipinski definition) is 1. The van der Waals surface area contributed by atoms with E-state index in [1.165, 1.54) is 4.31 Å². The topological polar surface area (TPSA) is 113 Å². The molecule has 0 aliphatic carbocycles. The van der Waals surface area contributed by atoms with Crippen LogP contribution in [0.15, 0.2) is 18.7 Å². The lowest BCUT2D eigenvalue weighted by Crippen LogP contribution is -2.40. The highest BCUT2D eigenvalue weighted by molar-refractivity contribution is 7.89. The number of sulfonamides is 1. The van der Waals surface area contributed by atoms with Crippen molar-refractivity contribution in [1.82, 2.24) is 29.2 Å². The predicted molar refractivity (Wildman–Crippen MR) is 105 cm³/mol. The molecule has 1 aliphatic heterocycles. The van der Waals surface area contributed by atoms with Gasteiger partial charge in [0.1, 0.15) is 6.33 Å². The molecule has 2 atom stereocenters. The molecule has 2 unspecified atom stereocenters. The lowest BCUT2D eigenvalue weighted by Gasteiger charge is -2.19. The number of anilines is 1. The Hall–Kier alpha value is -2.27. The van der Waals surface area contributed by atoms with Crippen LogP contribution in [0.4, 0.5) is 5.82 Å². The molecule has 1 fully saturated rings. The van der Waals surface area contributed by atoms with Crippen LogP contribution in [0.5, 0.6) is 0 Å². The number of carbonyl (C=O) groups excluding carboxylic acids is 1. The molecule has 0 bridgehead atoms. The van der Waals surface area contributed by atoms with Gasteiger partial charge in [-0.15, -0.1) is 10.2 Å². The van der Waals surface area contributed by atoms with Gasteiger partial charge in [0.15, 0.2) is 5.82 Å². The van der Waals surface area contributed by atoms with Crippen molar-refractivity contribution in [2.75, 3.05) is 43.4 Å². The number of carbonyl (C=O) groups is 1. The van der Waals surface area contributed by atoms with Crippen LogP contribution in [-0.4, -0.2) is 76.7 Å². The van der Waals surface area contributed by atoms with E-state index in [0.29, 0.717) is 37.6 Å². The average molecular weight is 410 g/mol. The first kappa shape index (κ1) is 20.5. The number of hydrogen-bond acceptors (Lipinski definition) is 7. The first-order chi connectivity index (χ1) is 13.4. The molecule has 0 saturated carbocycles. The zero-order valence-electron chi connectivity index (χ0n) is 16.4. The van der Waals surface area contributed by atoms with E-state index >= 15 is 0 Å². The molecule has 1 amide bonds. The summed E-state index contributed by atoms with van der Waals surface area (Å²) in [5.74, 6) is 0.362. The molecule has 11 heteroatoms. The van der Waals surface area contributed by atoms with Crippen molar-refractivity contribution in [1.29, 1.82) is 0 Å². The summed E-state index contributed by atoms with van der Waals surface area (Å²) in [6, 6.07) is 0.